The summed E-state index contributed by atoms with van der Waals surface area (Å²) in [5.74, 6) is 0.252. The van der Waals surface area contributed by atoms with Crippen LogP contribution in [-0.2, 0) is 16.0 Å². The summed E-state index contributed by atoms with van der Waals surface area (Å²) in [6, 6.07) is 21.2. The van der Waals surface area contributed by atoms with Crippen molar-refractivity contribution in [3.8, 4) is 5.75 Å². The molecule has 3 rings (SSSR count). The lowest BCUT2D eigenvalue weighted by Gasteiger charge is -2.31. The van der Waals surface area contributed by atoms with Crippen LogP contribution in [-0.4, -0.2) is 41.9 Å². The average Bonchev–Trinajstić information content (AvgIpc) is 2.81. The monoisotopic (exact) mass is 510 g/mol. The zero-order valence-electron chi connectivity index (χ0n) is 19.4. The number of amides is 2. The molecule has 3 aromatic rings. The number of hydrogen-bond donors (Lipinski definition) is 1. The van der Waals surface area contributed by atoms with Crippen LogP contribution in [0.15, 0.2) is 71.2 Å². The number of fused-ring (bicyclic) bond motifs is 1. The van der Waals surface area contributed by atoms with Crippen LogP contribution in [0.1, 0.15) is 32.8 Å². The zero-order chi connectivity index (χ0) is 23.8. The molecule has 33 heavy (non-hydrogen) atoms. The van der Waals surface area contributed by atoms with Crippen LogP contribution in [0, 0.1) is 0 Å². The smallest absolute Gasteiger partial charge is 0.261 e. The molecule has 174 valence electrons. The topological polar surface area (TPSA) is 58.6 Å². The van der Waals surface area contributed by atoms with Crippen molar-refractivity contribution in [2.45, 2.75) is 45.7 Å². The fraction of sp³-hybridized carbons (Fsp3) is 0.333. The van der Waals surface area contributed by atoms with Crippen molar-refractivity contribution in [3.05, 3.63) is 76.8 Å². The number of carbonyl (C=O) groups excluding carboxylic acids is 2. The van der Waals surface area contributed by atoms with Gasteiger partial charge in [0.05, 0.1) is 4.47 Å². The molecule has 5 nitrogen and oxygen atoms in total. The summed E-state index contributed by atoms with van der Waals surface area (Å²) in [6.07, 6.45) is 1.19. The lowest BCUT2D eigenvalue weighted by Crippen LogP contribution is -2.52. The quantitative estimate of drug-likeness (QED) is 0.399. The predicted octanol–water partition coefficient (Wildman–Crippen LogP) is 5.36. The number of nitrogens with one attached hydrogen (secondary N) is 1. The van der Waals surface area contributed by atoms with E-state index in [4.69, 9.17) is 4.74 Å². The minimum absolute atomic E-state index is 0.00225. The highest BCUT2D eigenvalue weighted by molar-refractivity contribution is 9.10. The van der Waals surface area contributed by atoms with Gasteiger partial charge in [0.25, 0.3) is 5.91 Å². The number of ether oxygens (including phenoxy) is 1. The van der Waals surface area contributed by atoms with Crippen molar-refractivity contribution < 1.29 is 14.3 Å². The second kappa shape index (κ2) is 11.8. The van der Waals surface area contributed by atoms with E-state index in [-0.39, 0.29) is 24.5 Å². The molecule has 1 N–H and O–H groups in total. The van der Waals surface area contributed by atoms with Crippen molar-refractivity contribution in [2.75, 3.05) is 13.2 Å². The standard InChI is InChI=1S/C27H31BrN2O3/c1-4-23(27(32)29-19(2)3)30(17-16-20-10-6-5-7-11-20)25(31)18-33-24-15-14-21-12-8-9-13-22(21)26(24)28/h5-15,19,23H,4,16-18H2,1-3H3,(H,29,32)/t23-/m1/s1. The zero-order valence-corrected chi connectivity index (χ0v) is 21.0. The first-order chi connectivity index (χ1) is 15.9. The van der Waals surface area contributed by atoms with E-state index >= 15 is 0 Å². The first-order valence-electron chi connectivity index (χ1n) is 11.3. The van der Waals surface area contributed by atoms with Crippen LogP contribution in [0.2, 0.25) is 0 Å². The van der Waals surface area contributed by atoms with Crippen molar-refractivity contribution in [2.24, 2.45) is 0 Å². The van der Waals surface area contributed by atoms with Crippen molar-refractivity contribution in [3.63, 3.8) is 0 Å². The molecule has 0 aromatic heterocycles. The predicted molar refractivity (Wildman–Crippen MR) is 136 cm³/mol. The summed E-state index contributed by atoms with van der Waals surface area (Å²) in [5, 5.41) is 5.06. The third kappa shape index (κ3) is 6.57. The molecule has 0 spiro atoms. The molecular formula is C27H31BrN2O3. The number of benzene rings is 3. The number of halogens is 1. The molecule has 0 aliphatic heterocycles. The molecule has 0 fully saturated rings. The molecule has 6 heteroatoms. The molecule has 1 atom stereocenters. The van der Waals surface area contributed by atoms with Gasteiger partial charge in [-0.15, -0.1) is 0 Å². The fourth-order valence-electron chi connectivity index (χ4n) is 3.82. The molecule has 0 bridgehead atoms. The van der Waals surface area contributed by atoms with Gasteiger partial charge in [-0.05, 0) is 65.0 Å². The van der Waals surface area contributed by atoms with E-state index < -0.39 is 6.04 Å². The van der Waals surface area contributed by atoms with Crippen LogP contribution < -0.4 is 10.1 Å². The van der Waals surface area contributed by atoms with Crippen LogP contribution in [0.4, 0.5) is 0 Å². The first kappa shape index (κ1) is 24.8. The van der Waals surface area contributed by atoms with E-state index in [0.717, 1.165) is 20.8 Å². The van der Waals surface area contributed by atoms with Crippen LogP contribution in [0.3, 0.4) is 0 Å². The SMILES string of the molecule is CC[C@H](C(=O)NC(C)C)N(CCc1ccccc1)C(=O)COc1ccc2ccccc2c1Br. The summed E-state index contributed by atoms with van der Waals surface area (Å²) in [5.41, 5.74) is 1.12. The van der Waals surface area contributed by atoms with Gasteiger partial charge in [0, 0.05) is 12.6 Å². The van der Waals surface area contributed by atoms with Gasteiger partial charge < -0.3 is 15.0 Å². The molecule has 2 amide bonds. The van der Waals surface area contributed by atoms with Gasteiger partial charge in [0.2, 0.25) is 5.91 Å². The van der Waals surface area contributed by atoms with Crippen molar-refractivity contribution in [1.29, 1.82) is 0 Å². The molecule has 0 aliphatic carbocycles. The van der Waals surface area contributed by atoms with Crippen molar-refractivity contribution >= 4 is 38.5 Å². The second-order valence-corrected chi connectivity index (χ2v) is 9.09. The molecule has 0 saturated heterocycles. The van der Waals surface area contributed by atoms with E-state index in [2.05, 4.69) is 21.2 Å². The average molecular weight is 511 g/mol. The molecule has 0 heterocycles. The summed E-state index contributed by atoms with van der Waals surface area (Å²) in [6.45, 7) is 6.06. The highest BCUT2D eigenvalue weighted by Crippen LogP contribution is 2.33. The van der Waals surface area contributed by atoms with Gasteiger partial charge in [-0.3, -0.25) is 9.59 Å². The highest BCUT2D eigenvalue weighted by Gasteiger charge is 2.29. The number of carbonyl (C=O) groups is 2. The minimum Gasteiger partial charge on any atom is -0.483 e. The molecule has 0 saturated carbocycles. The Hall–Kier alpha value is -2.86. The van der Waals surface area contributed by atoms with Gasteiger partial charge in [-0.2, -0.15) is 0 Å². The Kier molecular flexibility index (Phi) is 8.89. The maximum absolute atomic E-state index is 13.3. The fourth-order valence-corrected chi connectivity index (χ4v) is 4.43. The van der Waals surface area contributed by atoms with Gasteiger partial charge in [-0.25, -0.2) is 0 Å². The maximum Gasteiger partial charge on any atom is 0.261 e. The van der Waals surface area contributed by atoms with E-state index in [9.17, 15) is 9.59 Å². The summed E-state index contributed by atoms with van der Waals surface area (Å²) >= 11 is 3.61. The highest BCUT2D eigenvalue weighted by atomic mass is 79.9. The van der Waals surface area contributed by atoms with Gasteiger partial charge in [0.1, 0.15) is 11.8 Å². The summed E-state index contributed by atoms with van der Waals surface area (Å²) < 4.78 is 6.74. The Bertz CT molecular complexity index is 1090. The Morgan fingerprint density at radius 3 is 2.39 bits per heavy atom. The molecule has 0 radical (unpaired) electrons. The minimum atomic E-state index is -0.549. The molecule has 0 unspecified atom stereocenters. The maximum atomic E-state index is 13.3. The van der Waals surface area contributed by atoms with E-state index in [1.54, 1.807) is 4.90 Å². The third-order valence-corrected chi connectivity index (χ3v) is 6.30. The molecular weight excluding hydrogens is 480 g/mol. The Labute approximate surface area is 204 Å². The van der Waals surface area contributed by atoms with Crippen LogP contribution >= 0.6 is 15.9 Å². The number of rotatable bonds is 10. The Balaban J connectivity index is 1.77. The van der Waals surface area contributed by atoms with Gasteiger partial charge in [-0.1, -0.05) is 67.6 Å². The van der Waals surface area contributed by atoms with Crippen molar-refractivity contribution in [1.82, 2.24) is 10.2 Å². The number of nitrogens with zero attached hydrogens (tertiary/aromatic N) is 1. The molecule has 0 aliphatic rings. The Morgan fingerprint density at radius 1 is 1.00 bits per heavy atom. The Morgan fingerprint density at radius 2 is 1.70 bits per heavy atom. The largest absolute Gasteiger partial charge is 0.483 e. The first-order valence-corrected chi connectivity index (χ1v) is 12.1. The summed E-state index contributed by atoms with van der Waals surface area (Å²) in [4.78, 5) is 27.8. The lowest BCUT2D eigenvalue weighted by atomic mass is 10.1. The van der Waals surface area contributed by atoms with Gasteiger partial charge >= 0.3 is 0 Å². The van der Waals surface area contributed by atoms with Gasteiger partial charge in [0.15, 0.2) is 6.61 Å². The summed E-state index contributed by atoms with van der Waals surface area (Å²) in [7, 11) is 0. The molecule has 3 aromatic carbocycles. The van der Waals surface area contributed by atoms with E-state index in [1.165, 1.54) is 0 Å². The normalized spacial score (nSPS) is 11.9. The second-order valence-electron chi connectivity index (χ2n) is 8.30. The van der Waals surface area contributed by atoms with E-state index in [1.807, 2.05) is 87.5 Å². The lowest BCUT2D eigenvalue weighted by molar-refractivity contribution is -0.142. The van der Waals surface area contributed by atoms with Crippen LogP contribution in [0.5, 0.6) is 5.75 Å². The van der Waals surface area contributed by atoms with Crippen LogP contribution in [0.25, 0.3) is 10.8 Å². The number of hydrogen-bond acceptors (Lipinski definition) is 3. The third-order valence-electron chi connectivity index (χ3n) is 5.48. The van der Waals surface area contributed by atoms with E-state index in [0.29, 0.717) is 25.1 Å².